The SMILES string of the molecule is Cc1cc(C(=O)NC(CC(C)C)C(=O)O)ccc1NC(=O)c1ccc(C(C)(C)C)cc1. The molecule has 166 valence electrons. The second kappa shape index (κ2) is 9.77. The maximum absolute atomic E-state index is 12.6. The Morgan fingerprint density at radius 1 is 0.935 bits per heavy atom. The van der Waals surface area contributed by atoms with E-state index in [1.54, 1.807) is 37.3 Å². The summed E-state index contributed by atoms with van der Waals surface area (Å²) in [6.45, 7) is 11.9. The summed E-state index contributed by atoms with van der Waals surface area (Å²) in [6, 6.07) is 11.4. The van der Waals surface area contributed by atoms with Gasteiger partial charge in [-0.15, -0.1) is 0 Å². The van der Waals surface area contributed by atoms with Crippen LogP contribution in [0.3, 0.4) is 0 Å². The number of carbonyl (C=O) groups excluding carboxylic acids is 2. The number of nitrogens with one attached hydrogen (secondary N) is 2. The van der Waals surface area contributed by atoms with Crippen LogP contribution in [0.2, 0.25) is 0 Å². The van der Waals surface area contributed by atoms with Crippen LogP contribution in [0, 0.1) is 12.8 Å². The van der Waals surface area contributed by atoms with Crippen molar-refractivity contribution >= 4 is 23.5 Å². The lowest BCUT2D eigenvalue weighted by molar-refractivity contribution is -0.139. The maximum Gasteiger partial charge on any atom is 0.326 e. The average Bonchev–Trinajstić information content (AvgIpc) is 2.67. The molecule has 1 atom stereocenters. The first-order valence-corrected chi connectivity index (χ1v) is 10.4. The molecule has 0 aliphatic heterocycles. The van der Waals surface area contributed by atoms with E-state index in [1.807, 2.05) is 26.0 Å². The Morgan fingerprint density at radius 2 is 1.52 bits per heavy atom. The van der Waals surface area contributed by atoms with Crippen LogP contribution in [0.1, 0.15) is 72.9 Å². The van der Waals surface area contributed by atoms with E-state index in [1.165, 1.54) is 0 Å². The lowest BCUT2D eigenvalue weighted by Gasteiger charge is -2.19. The fraction of sp³-hybridized carbons (Fsp3) is 0.400. The molecule has 0 bridgehead atoms. The van der Waals surface area contributed by atoms with Crippen LogP contribution in [0.25, 0.3) is 0 Å². The number of carbonyl (C=O) groups is 3. The van der Waals surface area contributed by atoms with Crippen LogP contribution in [-0.2, 0) is 10.2 Å². The number of aliphatic carboxylic acids is 1. The van der Waals surface area contributed by atoms with Gasteiger partial charge in [-0.3, -0.25) is 9.59 Å². The molecular formula is C25H32N2O4. The average molecular weight is 425 g/mol. The molecule has 2 rings (SSSR count). The highest BCUT2D eigenvalue weighted by Gasteiger charge is 2.22. The zero-order valence-corrected chi connectivity index (χ0v) is 19.1. The second-order valence-electron chi connectivity index (χ2n) is 9.31. The summed E-state index contributed by atoms with van der Waals surface area (Å²) in [6.07, 6.45) is 0.349. The third kappa shape index (κ3) is 6.67. The first-order chi connectivity index (χ1) is 14.4. The second-order valence-corrected chi connectivity index (χ2v) is 9.31. The molecule has 0 saturated carbocycles. The minimum atomic E-state index is -1.06. The Kier molecular flexibility index (Phi) is 7.60. The molecule has 6 nitrogen and oxygen atoms in total. The molecule has 1 unspecified atom stereocenters. The van der Waals surface area contributed by atoms with Crippen molar-refractivity contribution in [3.8, 4) is 0 Å². The van der Waals surface area contributed by atoms with Crippen LogP contribution in [0.15, 0.2) is 42.5 Å². The van der Waals surface area contributed by atoms with E-state index >= 15 is 0 Å². The molecule has 0 aromatic heterocycles. The van der Waals surface area contributed by atoms with Gasteiger partial charge < -0.3 is 15.7 Å². The summed E-state index contributed by atoms with van der Waals surface area (Å²) in [7, 11) is 0. The molecule has 31 heavy (non-hydrogen) atoms. The van der Waals surface area contributed by atoms with Gasteiger partial charge in [-0.25, -0.2) is 4.79 Å². The van der Waals surface area contributed by atoms with Crippen molar-refractivity contribution in [2.45, 2.75) is 59.4 Å². The largest absolute Gasteiger partial charge is 0.480 e. The normalized spacial score (nSPS) is 12.4. The summed E-state index contributed by atoms with van der Waals surface area (Å²) < 4.78 is 0. The summed E-state index contributed by atoms with van der Waals surface area (Å²) in [5.41, 5.74) is 3.36. The molecule has 0 saturated heterocycles. The van der Waals surface area contributed by atoms with Gasteiger partial charge in [-0.05, 0) is 66.1 Å². The number of amides is 2. The summed E-state index contributed by atoms with van der Waals surface area (Å²) in [5.74, 6) is -1.60. The monoisotopic (exact) mass is 424 g/mol. The Morgan fingerprint density at radius 3 is 2.00 bits per heavy atom. The van der Waals surface area contributed by atoms with Crippen LogP contribution >= 0.6 is 0 Å². The third-order valence-corrected chi connectivity index (χ3v) is 5.06. The van der Waals surface area contributed by atoms with Crippen LogP contribution in [0.5, 0.6) is 0 Å². The summed E-state index contributed by atoms with van der Waals surface area (Å²) >= 11 is 0. The zero-order chi connectivity index (χ0) is 23.3. The molecule has 0 fully saturated rings. The molecule has 0 aliphatic rings. The van der Waals surface area contributed by atoms with Crippen molar-refractivity contribution in [2.75, 3.05) is 5.32 Å². The number of aryl methyl sites for hydroxylation is 1. The maximum atomic E-state index is 12.6. The predicted octanol–water partition coefficient (Wildman–Crippen LogP) is 4.77. The van der Waals surface area contributed by atoms with Gasteiger partial charge in [0.2, 0.25) is 0 Å². The topological polar surface area (TPSA) is 95.5 Å². The van der Waals surface area contributed by atoms with E-state index in [0.29, 0.717) is 28.8 Å². The Balaban J connectivity index is 2.10. The molecule has 6 heteroatoms. The number of benzene rings is 2. The van der Waals surface area contributed by atoms with E-state index < -0.39 is 17.9 Å². The highest BCUT2D eigenvalue weighted by Crippen LogP contribution is 2.23. The minimum Gasteiger partial charge on any atom is -0.480 e. The van der Waals surface area contributed by atoms with Crippen LogP contribution < -0.4 is 10.6 Å². The summed E-state index contributed by atoms with van der Waals surface area (Å²) in [5, 5.41) is 14.8. The predicted molar refractivity (Wildman–Crippen MR) is 123 cm³/mol. The zero-order valence-electron chi connectivity index (χ0n) is 19.1. The van der Waals surface area contributed by atoms with Gasteiger partial charge >= 0.3 is 5.97 Å². The number of hydrogen-bond donors (Lipinski definition) is 3. The van der Waals surface area contributed by atoms with Gasteiger partial charge in [0.15, 0.2) is 0 Å². The Labute approximate surface area is 184 Å². The number of anilines is 1. The molecule has 0 spiro atoms. The van der Waals surface area contributed by atoms with E-state index in [0.717, 1.165) is 5.56 Å². The van der Waals surface area contributed by atoms with Gasteiger partial charge in [-0.2, -0.15) is 0 Å². The number of carboxylic acids is 1. The van der Waals surface area contributed by atoms with Crippen molar-refractivity contribution in [1.29, 1.82) is 0 Å². The van der Waals surface area contributed by atoms with Gasteiger partial charge in [0.1, 0.15) is 6.04 Å². The van der Waals surface area contributed by atoms with Gasteiger partial charge in [-0.1, -0.05) is 46.8 Å². The van der Waals surface area contributed by atoms with Crippen molar-refractivity contribution in [3.05, 3.63) is 64.7 Å². The molecule has 2 aromatic rings. The fourth-order valence-corrected chi connectivity index (χ4v) is 3.20. The standard InChI is InChI=1S/C25H32N2O4/c1-15(2)13-21(24(30)31)27-23(29)18-9-12-20(16(3)14-18)26-22(28)17-7-10-19(11-8-17)25(4,5)6/h7-12,14-15,21H,13H2,1-6H3,(H,26,28)(H,27,29)(H,30,31). The number of hydrogen-bond acceptors (Lipinski definition) is 3. The van der Waals surface area contributed by atoms with E-state index in [-0.39, 0.29) is 17.2 Å². The van der Waals surface area contributed by atoms with E-state index in [9.17, 15) is 19.5 Å². The van der Waals surface area contributed by atoms with Gasteiger partial charge in [0.05, 0.1) is 0 Å². The summed E-state index contributed by atoms with van der Waals surface area (Å²) in [4.78, 5) is 36.5. The smallest absolute Gasteiger partial charge is 0.326 e. The Bertz CT molecular complexity index is 956. The number of carboxylic acid groups (broad SMARTS) is 1. The highest BCUT2D eigenvalue weighted by molar-refractivity contribution is 6.05. The molecule has 3 N–H and O–H groups in total. The van der Waals surface area contributed by atoms with Gasteiger partial charge in [0.25, 0.3) is 11.8 Å². The van der Waals surface area contributed by atoms with Crippen molar-refractivity contribution in [3.63, 3.8) is 0 Å². The van der Waals surface area contributed by atoms with Crippen molar-refractivity contribution < 1.29 is 19.5 Å². The van der Waals surface area contributed by atoms with Crippen molar-refractivity contribution in [1.82, 2.24) is 5.32 Å². The molecule has 0 aliphatic carbocycles. The minimum absolute atomic E-state index is 0.0107. The fourth-order valence-electron chi connectivity index (χ4n) is 3.20. The van der Waals surface area contributed by atoms with Gasteiger partial charge in [0, 0.05) is 16.8 Å². The first kappa shape index (κ1) is 24.1. The number of rotatable bonds is 7. The molecular weight excluding hydrogens is 392 g/mol. The lowest BCUT2D eigenvalue weighted by Crippen LogP contribution is -2.41. The third-order valence-electron chi connectivity index (χ3n) is 5.06. The van der Waals surface area contributed by atoms with E-state index in [2.05, 4.69) is 31.4 Å². The lowest BCUT2D eigenvalue weighted by atomic mass is 9.86. The van der Waals surface area contributed by atoms with Crippen molar-refractivity contribution in [2.24, 2.45) is 5.92 Å². The molecule has 2 aromatic carbocycles. The molecule has 2 amide bonds. The molecule has 0 heterocycles. The van der Waals surface area contributed by atoms with Crippen LogP contribution in [-0.4, -0.2) is 28.9 Å². The van der Waals surface area contributed by atoms with E-state index in [4.69, 9.17) is 0 Å². The molecule has 0 radical (unpaired) electrons. The highest BCUT2D eigenvalue weighted by atomic mass is 16.4. The Hall–Kier alpha value is -3.15. The quantitative estimate of drug-likeness (QED) is 0.596. The van der Waals surface area contributed by atoms with Crippen LogP contribution in [0.4, 0.5) is 5.69 Å². The first-order valence-electron chi connectivity index (χ1n) is 10.4.